The standard InChI is InChI=1S/C16H26N2OS/c1-12(2)14(17)15(19)18-11-16(8-4-3-5-9-16)13-7-6-10-20-13/h6-7,10,12,14H,3-5,8-9,11,17H2,1-2H3,(H,18,19)/t14-/m0/s1. The molecule has 1 atom stereocenters. The van der Waals surface area contributed by atoms with E-state index in [0.717, 1.165) is 6.54 Å². The van der Waals surface area contributed by atoms with Crippen LogP contribution < -0.4 is 11.1 Å². The predicted octanol–water partition coefficient (Wildman–Crippen LogP) is 3.05. The smallest absolute Gasteiger partial charge is 0.237 e. The van der Waals surface area contributed by atoms with Crippen LogP contribution in [0.1, 0.15) is 50.8 Å². The lowest BCUT2D eigenvalue weighted by Crippen LogP contribution is -2.49. The zero-order valence-electron chi connectivity index (χ0n) is 12.5. The van der Waals surface area contributed by atoms with E-state index in [1.807, 2.05) is 25.2 Å². The number of amides is 1. The van der Waals surface area contributed by atoms with Gasteiger partial charge >= 0.3 is 0 Å². The largest absolute Gasteiger partial charge is 0.354 e. The average molecular weight is 294 g/mol. The minimum Gasteiger partial charge on any atom is -0.354 e. The second-order valence-electron chi connectivity index (χ2n) is 6.31. The minimum atomic E-state index is -0.404. The molecule has 1 heterocycles. The highest BCUT2D eigenvalue weighted by Gasteiger charge is 2.35. The Balaban J connectivity index is 2.04. The molecule has 3 N–H and O–H groups in total. The predicted molar refractivity (Wildman–Crippen MR) is 84.9 cm³/mol. The van der Waals surface area contributed by atoms with Gasteiger partial charge in [0.15, 0.2) is 0 Å². The fourth-order valence-electron chi connectivity index (χ4n) is 3.00. The average Bonchev–Trinajstić information content (AvgIpc) is 2.99. The van der Waals surface area contributed by atoms with Gasteiger partial charge in [0, 0.05) is 16.8 Å². The summed E-state index contributed by atoms with van der Waals surface area (Å²) in [5, 5.41) is 5.24. The summed E-state index contributed by atoms with van der Waals surface area (Å²) in [7, 11) is 0. The highest BCUT2D eigenvalue weighted by atomic mass is 32.1. The molecule has 0 spiro atoms. The molecule has 20 heavy (non-hydrogen) atoms. The van der Waals surface area contributed by atoms with E-state index in [4.69, 9.17) is 5.73 Å². The lowest BCUT2D eigenvalue weighted by atomic mass is 9.73. The Hall–Kier alpha value is -0.870. The van der Waals surface area contributed by atoms with E-state index >= 15 is 0 Å². The van der Waals surface area contributed by atoms with Crippen LogP contribution in [0.3, 0.4) is 0 Å². The molecule has 2 rings (SSSR count). The van der Waals surface area contributed by atoms with Crippen LogP contribution in [0.25, 0.3) is 0 Å². The molecule has 112 valence electrons. The quantitative estimate of drug-likeness (QED) is 0.877. The van der Waals surface area contributed by atoms with E-state index in [1.54, 1.807) is 0 Å². The molecule has 4 heteroatoms. The lowest BCUT2D eigenvalue weighted by Gasteiger charge is -2.37. The molecule has 1 aliphatic rings. The van der Waals surface area contributed by atoms with Gasteiger partial charge in [0.05, 0.1) is 6.04 Å². The highest BCUT2D eigenvalue weighted by molar-refractivity contribution is 7.10. The van der Waals surface area contributed by atoms with Crippen LogP contribution in [0.4, 0.5) is 0 Å². The second kappa shape index (κ2) is 6.72. The van der Waals surface area contributed by atoms with Crippen molar-refractivity contribution in [2.75, 3.05) is 6.54 Å². The fourth-order valence-corrected chi connectivity index (χ4v) is 3.98. The van der Waals surface area contributed by atoms with Crippen molar-refractivity contribution in [3.8, 4) is 0 Å². The summed E-state index contributed by atoms with van der Waals surface area (Å²) >= 11 is 1.81. The molecule has 0 saturated heterocycles. The first-order chi connectivity index (χ1) is 9.55. The molecule has 0 aliphatic heterocycles. The van der Waals surface area contributed by atoms with Crippen molar-refractivity contribution in [2.45, 2.75) is 57.4 Å². The Morgan fingerprint density at radius 2 is 2.10 bits per heavy atom. The van der Waals surface area contributed by atoms with Crippen LogP contribution in [0.2, 0.25) is 0 Å². The molecule has 1 amide bonds. The monoisotopic (exact) mass is 294 g/mol. The number of nitrogens with two attached hydrogens (primary N) is 1. The molecule has 1 aromatic heterocycles. The Morgan fingerprint density at radius 1 is 1.40 bits per heavy atom. The zero-order valence-corrected chi connectivity index (χ0v) is 13.3. The third-order valence-corrected chi connectivity index (χ3v) is 5.59. The topological polar surface area (TPSA) is 55.1 Å². The first-order valence-corrected chi connectivity index (χ1v) is 8.50. The maximum atomic E-state index is 12.1. The van der Waals surface area contributed by atoms with Crippen LogP contribution in [0.15, 0.2) is 17.5 Å². The van der Waals surface area contributed by atoms with Crippen molar-refractivity contribution < 1.29 is 4.79 Å². The summed E-state index contributed by atoms with van der Waals surface area (Å²) in [4.78, 5) is 13.5. The Kier molecular flexibility index (Phi) is 5.22. The molecule has 1 saturated carbocycles. The van der Waals surface area contributed by atoms with Gasteiger partial charge in [-0.3, -0.25) is 4.79 Å². The van der Waals surface area contributed by atoms with Crippen molar-refractivity contribution in [2.24, 2.45) is 11.7 Å². The van der Waals surface area contributed by atoms with Gasteiger partial charge in [0.25, 0.3) is 0 Å². The van der Waals surface area contributed by atoms with Crippen LogP contribution in [0.5, 0.6) is 0 Å². The summed E-state index contributed by atoms with van der Waals surface area (Å²) in [6.45, 7) is 4.70. The maximum absolute atomic E-state index is 12.1. The van der Waals surface area contributed by atoms with Gasteiger partial charge in [-0.05, 0) is 30.2 Å². The first-order valence-electron chi connectivity index (χ1n) is 7.62. The molecule has 0 bridgehead atoms. The van der Waals surface area contributed by atoms with E-state index in [-0.39, 0.29) is 17.2 Å². The number of hydrogen-bond donors (Lipinski definition) is 2. The molecule has 0 unspecified atom stereocenters. The van der Waals surface area contributed by atoms with Gasteiger partial charge in [-0.2, -0.15) is 0 Å². The van der Waals surface area contributed by atoms with E-state index in [0.29, 0.717) is 0 Å². The minimum absolute atomic E-state index is 0.0125. The molecule has 1 aliphatic carbocycles. The summed E-state index contributed by atoms with van der Waals surface area (Å²) in [5.41, 5.74) is 6.07. The zero-order chi connectivity index (χ0) is 14.6. The Bertz CT molecular complexity index is 422. The summed E-state index contributed by atoms with van der Waals surface area (Å²) in [6.07, 6.45) is 6.16. The molecular formula is C16H26N2OS. The Labute approximate surface area is 125 Å². The van der Waals surface area contributed by atoms with E-state index in [2.05, 4.69) is 22.8 Å². The number of thiophene rings is 1. The first kappa shape index (κ1) is 15.5. The summed E-state index contributed by atoms with van der Waals surface area (Å²) < 4.78 is 0. The molecule has 1 aromatic rings. The number of hydrogen-bond acceptors (Lipinski definition) is 3. The lowest BCUT2D eigenvalue weighted by molar-refractivity contribution is -0.123. The number of carbonyl (C=O) groups is 1. The van der Waals surface area contributed by atoms with Crippen molar-refractivity contribution >= 4 is 17.2 Å². The molecule has 0 radical (unpaired) electrons. The van der Waals surface area contributed by atoms with Crippen molar-refractivity contribution in [1.29, 1.82) is 0 Å². The second-order valence-corrected chi connectivity index (χ2v) is 7.25. The molecule has 3 nitrogen and oxygen atoms in total. The van der Waals surface area contributed by atoms with E-state index in [9.17, 15) is 4.79 Å². The summed E-state index contributed by atoms with van der Waals surface area (Å²) in [5.74, 6) is 0.167. The normalized spacial score (nSPS) is 19.8. The van der Waals surface area contributed by atoms with Crippen LogP contribution in [0, 0.1) is 5.92 Å². The van der Waals surface area contributed by atoms with Gasteiger partial charge < -0.3 is 11.1 Å². The molecular weight excluding hydrogens is 268 g/mol. The maximum Gasteiger partial charge on any atom is 0.237 e. The molecule has 1 fully saturated rings. The van der Waals surface area contributed by atoms with E-state index in [1.165, 1.54) is 37.0 Å². The van der Waals surface area contributed by atoms with E-state index < -0.39 is 6.04 Å². The number of nitrogens with one attached hydrogen (secondary N) is 1. The van der Waals surface area contributed by atoms with Gasteiger partial charge in [-0.15, -0.1) is 11.3 Å². The van der Waals surface area contributed by atoms with Gasteiger partial charge in [-0.1, -0.05) is 39.2 Å². The van der Waals surface area contributed by atoms with Gasteiger partial charge in [-0.25, -0.2) is 0 Å². The van der Waals surface area contributed by atoms with Gasteiger partial charge in [0.1, 0.15) is 0 Å². The van der Waals surface area contributed by atoms with Crippen LogP contribution >= 0.6 is 11.3 Å². The SMILES string of the molecule is CC(C)[C@H](N)C(=O)NCC1(c2cccs2)CCCCC1. The number of carbonyl (C=O) groups excluding carboxylic acids is 1. The van der Waals surface area contributed by atoms with Crippen molar-refractivity contribution in [1.82, 2.24) is 5.32 Å². The summed E-state index contributed by atoms with van der Waals surface area (Å²) in [6, 6.07) is 3.92. The Morgan fingerprint density at radius 3 is 2.65 bits per heavy atom. The third-order valence-electron chi connectivity index (χ3n) is 4.48. The third kappa shape index (κ3) is 3.41. The van der Waals surface area contributed by atoms with Crippen molar-refractivity contribution in [3.05, 3.63) is 22.4 Å². The highest BCUT2D eigenvalue weighted by Crippen LogP contribution is 2.41. The van der Waals surface area contributed by atoms with Crippen LogP contribution in [-0.4, -0.2) is 18.5 Å². The van der Waals surface area contributed by atoms with Crippen molar-refractivity contribution in [3.63, 3.8) is 0 Å². The number of rotatable bonds is 5. The van der Waals surface area contributed by atoms with Gasteiger partial charge in [0.2, 0.25) is 5.91 Å². The molecule has 0 aromatic carbocycles. The van der Waals surface area contributed by atoms with Crippen LogP contribution in [-0.2, 0) is 10.2 Å². The fraction of sp³-hybridized carbons (Fsp3) is 0.688.